The van der Waals surface area contributed by atoms with Crippen LogP contribution in [0.15, 0.2) is 0 Å². The highest BCUT2D eigenvalue weighted by atomic mass is 16.5. The zero-order valence-electron chi connectivity index (χ0n) is 13.1. The molecule has 3 unspecified atom stereocenters. The zero-order chi connectivity index (χ0) is 17.3. The number of carboxylic acid groups (broad SMARTS) is 2. The van der Waals surface area contributed by atoms with Gasteiger partial charge in [-0.15, -0.1) is 0 Å². The molecule has 0 heterocycles. The lowest BCUT2D eigenvalue weighted by atomic mass is 9.75. The zero-order valence-corrected chi connectivity index (χ0v) is 13.1. The molecule has 0 aliphatic rings. The van der Waals surface area contributed by atoms with Crippen molar-refractivity contribution in [1.82, 2.24) is 0 Å². The summed E-state index contributed by atoms with van der Waals surface area (Å²) in [7, 11) is 0. The van der Waals surface area contributed by atoms with Gasteiger partial charge < -0.3 is 14.9 Å². The monoisotopic (exact) mass is 313 g/mol. The fourth-order valence-corrected chi connectivity index (χ4v) is 2.43. The van der Waals surface area contributed by atoms with Crippen LogP contribution >= 0.6 is 0 Å². The van der Waals surface area contributed by atoms with E-state index in [0.29, 0.717) is 6.42 Å². The number of carbonyl (C=O) groups excluding carboxylic acids is 1. The molecule has 124 valence electrons. The Bertz CT molecular complexity index is 440. The van der Waals surface area contributed by atoms with E-state index in [4.69, 9.17) is 9.84 Å². The normalized spacial score (nSPS) is 14.7. The van der Waals surface area contributed by atoms with Crippen molar-refractivity contribution in [1.29, 1.82) is 5.26 Å². The first-order valence-corrected chi connectivity index (χ1v) is 7.25. The molecule has 22 heavy (non-hydrogen) atoms. The minimum atomic E-state index is -1.21. The first-order chi connectivity index (χ1) is 10.2. The lowest BCUT2D eigenvalue weighted by Gasteiger charge is -2.27. The maximum Gasteiger partial charge on any atom is 0.323 e. The van der Waals surface area contributed by atoms with Gasteiger partial charge in [-0.2, -0.15) is 5.26 Å². The van der Waals surface area contributed by atoms with Gasteiger partial charge in [0.1, 0.15) is 5.92 Å². The smallest absolute Gasteiger partial charge is 0.323 e. The summed E-state index contributed by atoms with van der Waals surface area (Å²) in [6.45, 7) is 5.40. The number of carboxylic acids is 2. The van der Waals surface area contributed by atoms with Crippen LogP contribution in [0.3, 0.4) is 0 Å². The predicted octanol–water partition coefficient (Wildman–Crippen LogP) is 1.92. The second-order valence-corrected chi connectivity index (χ2v) is 5.53. The Morgan fingerprint density at radius 3 is 2.18 bits per heavy atom. The van der Waals surface area contributed by atoms with Crippen molar-refractivity contribution in [2.75, 3.05) is 6.61 Å². The van der Waals surface area contributed by atoms with Crippen molar-refractivity contribution in [3.8, 4) is 6.07 Å². The average Bonchev–Trinajstić information content (AvgIpc) is 2.38. The maximum atomic E-state index is 11.9. The SMILES string of the molecule is CCOC(=O)C(C#N)C(CC(C)C)C(CCC(=O)O)C(=O)O. The molecular formula is C15H23NO6. The first-order valence-electron chi connectivity index (χ1n) is 7.25. The van der Waals surface area contributed by atoms with Crippen LogP contribution in [0.2, 0.25) is 0 Å². The Kier molecular flexibility index (Phi) is 8.83. The maximum absolute atomic E-state index is 11.9. The van der Waals surface area contributed by atoms with E-state index >= 15 is 0 Å². The summed E-state index contributed by atoms with van der Waals surface area (Å²) in [6, 6.07) is 1.83. The van der Waals surface area contributed by atoms with E-state index in [2.05, 4.69) is 0 Å². The van der Waals surface area contributed by atoms with Crippen molar-refractivity contribution in [3.63, 3.8) is 0 Å². The van der Waals surface area contributed by atoms with Crippen molar-refractivity contribution in [3.05, 3.63) is 0 Å². The summed E-state index contributed by atoms with van der Waals surface area (Å²) in [6.07, 6.45) is -0.125. The van der Waals surface area contributed by atoms with Crippen LogP contribution in [0.5, 0.6) is 0 Å². The summed E-state index contributed by atoms with van der Waals surface area (Å²) < 4.78 is 4.84. The molecule has 0 fully saturated rings. The van der Waals surface area contributed by atoms with Gasteiger partial charge in [-0.3, -0.25) is 14.4 Å². The molecule has 0 saturated heterocycles. The van der Waals surface area contributed by atoms with Crippen LogP contribution in [-0.2, 0) is 19.1 Å². The van der Waals surface area contributed by atoms with E-state index in [0.717, 1.165) is 0 Å². The third-order valence-corrected chi connectivity index (χ3v) is 3.35. The van der Waals surface area contributed by atoms with Crippen LogP contribution in [0.4, 0.5) is 0 Å². The molecule has 0 aliphatic carbocycles. The van der Waals surface area contributed by atoms with Gasteiger partial charge >= 0.3 is 17.9 Å². The minimum absolute atomic E-state index is 0.0574. The van der Waals surface area contributed by atoms with Crippen molar-refractivity contribution in [2.24, 2.45) is 23.7 Å². The highest BCUT2D eigenvalue weighted by Gasteiger charge is 2.39. The van der Waals surface area contributed by atoms with Crippen molar-refractivity contribution in [2.45, 2.75) is 40.0 Å². The lowest BCUT2D eigenvalue weighted by molar-refractivity contribution is -0.152. The van der Waals surface area contributed by atoms with Crippen LogP contribution in [0.1, 0.15) is 40.0 Å². The quantitative estimate of drug-likeness (QED) is 0.590. The minimum Gasteiger partial charge on any atom is -0.481 e. The van der Waals surface area contributed by atoms with E-state index in [1.54, 1.807) is 6.92 Å². The van der Waals surface area contributed by atoms with E-state index in [-0.39, 0.29) is 25.4 Å². The molecule has 0 radical (unpaired) electrons. The molecule has 0 saturated carbocycles. The molecule has 0 rings (SSSR count). The molecule has 0 amide bonds. The topological polar surface area (TPSA) is 125 Å². The van der Waals surface area contributed by atoms with Crippen LogP contribution in [0.25, 0.3) is 0 Å². The molecule has 0 aliphatic heterocycles. The largest absolute Gasteiger partial charge is 0.481 e. The highest BCUT2D eigenvalue weighted by Crippen LogP contribution is 2.32. The number of aliphatic carboxylic acids is 2. The highest BCUT2D eigenvalue weighted by molar-refractivity contribution is 5.78. The van der Waals surface area contributed by atoms with E-state index in [1.807, 2.05) is 19.9 Å². The summed E-state index contributed by atoms with van der Waals surface area (Å²) in [5.74, 6) is -6.07. The summed E-state index contributed by atoms with van der Waals surface area (Å²) in [5.41, 5.74) is 0. The van der Waals surface area contributed by atoms with Crippen LogP contribution in [0, 0.1) is 35.0 Å². The molecule has 7 nitrogen and oxygen atoms in total. The molecule has 0 bridgehead atoms. The van der Waals surface area contributed by atoms with E-state index < -0.39 is 35.7 Å². The van der Waals surface area contributed by atoms with Gasteiger partial charge in [0.2, 0.25) is 0 Å². The number of rotatable bonds is 10. The third kappa shape index (κ3) is 6.57. The number of nitriles is 1. The molecule has 0 aromatic heterocycles. The molecule has 7 heteroatoms. The second kappa shape index (κ2) is 9.77. The number of hydrogen-bond acceptors (Lipinski definition) is 5. The standard InChI is InChI=1S/C15H23NO6/c1-4-22-15(21)12(8-16)11(7-9(2)3)10(14(19)20)5-6-13(17)18/h9-12H,4-7H2,1-3H3,(H,17,18)(H,19,20). The number of hydrogen-bond donors (Lipinski definition) is 2. The molecule has 2 N–H and O–H groups in total. The van der Waals surface area contributed by atoms with Crippen LogP contribution < -0.4 is 0 Å². The number of carbonyl (C=O) groups is 3. The van der Waals surface area contributed by atoms with Gasteiger partial charge in [0.05, 0.1) is 18.6 Å². The summed E-state index contributed by atoms with van der Waals surface area (Å²) in [5, 5.41) is 27.4. The van der Waals surface area contributed by atoms with Crippen LogP contribution in [-0.4, -0.2) is 34.7 Å². The molecule has 0 spiro atoms. The lowest BCUT2D eigenvalue weighted by Crippen LogP contribution is -2.35. The second-order valence-electron chi connectivity index (χ2n) is 5.53. The summed E-state index contributed by atoms with van der Waals surface area (Å²) in [4.78, 5) is 34.1. The number of ether oxygens (including phenoxy) is 1. The van der Waals surface area contributed by atoms with Gasteiger partial charge in [-0.1, -0.05) is 13.8 Å². The van der Waals surface area contributed by atoms with Gasteiger partial charge in [0.25, 0.3) is 0 Å². The fourth-order valence-electron chi connectivity index (χ4n) is 2.43. The molecule has 0 aromatic carbocycles. The number of esters is 1. The van der Waals surface area contributed by atoms with Gasteiger partial charge in [0.15, 0.2) is 0 Å². The Morgan fingerprint density at radius 1 is 1.23 bits per heavy atom. The van der Waals surface area contributed by atoms with E-state index in [1.165, 1.54) is 0 Å². The number of nitrogens with zero attached hydrogens (tertiary/aromatic N) is 1. The average molecular weight is 313 g/mol. The van der Waals surface area contributed by atoms with Gasteiger partial charge in [-0.05, 0) is 31.6 Å². The molecule has 0 aromatic rings. The molecule has 3 atom stereocenters. The Hall–Kier alpha value is -2.10. The van der Waals surface area contributed by atoms with Gasteiger partial charge in [0, 0.05) is 6.42 Å². The third-order valence-electron chi connectivity index (χ3n) is 3.35. The first kappa shape index (κ1) is 19.9. The summed E-state index contributed by atoms with van der Waals surface area (Å²) >= 11 is 0. The Balaban J connectivity index is 5.42. The van der Waals surface area contributed by atoms with Gasteiger partial charge in [-0.25, -0.2) is 0 Å². The fraction of sp³-hybridized carbons (Fsp3) is 0.733. The Labute approximate surface area is 129 Å². The Morgan fingerprint density at radius 2 is 1.82 bits per heavy atom. The van der Waals surface area contributed by atoms with Crippen molar-refractivity contribution < 1.29 is 29.3 Å². The van der Waals surface area contributed by atoms with E-state index in [9.17, 15) is 24.8 Å². The van der Waals surface area contributed by atoms with Crippen molar-refractivity contribution >= 4 is 17.9 Å². The molecular weight excluding hydrogens is 290 g/mol. The predicted molar refractivity (Wildman–Crippen MR) is 76.7 cm³/mol.